The van der Waals surface area contributed by atoms with Crippen LogP contribution in [0.5, 0.6) is 0 Å². The maximum atomic E-state index is 5.61. The third-order valence-corrected chi connectivity index (χ3v) is 2.65. The minimum Gasteiger partial charge on any atom is -0.379 e. The van der Waals surface area contributed by atoms with Gasteiger partial charge in [0.25, 0.3) is 0 Å². The average Bonchev–Trinajstić information content (AvgIpc) is 2.32. The van der Waals surface area contributed by atoms with E-state index in [4.69, 9.17) is 14.2 Å². The van der Waals surface area contributed by atoms with Crippen LogP contribution in [0.25, 0.3) is 0 Å². The van der Waals surface area contributed by atoms with Crippen LogP contribution in [0, 0.1) is 0 Å². The first-order valence-electron chi connectivity index (χ1n) is 5.61. The van der Waals surface area contributed by atoms with Crippen molar-refractivity contribution in [3.63, 3.8) is 0 Å². The van der Waals surface area contributed by atoms with E-state index in [0.29, 0.717) is 6.61 Å². The Morgan fingerprint density at radius 2 is 2.07 bits per heavy atom. The van der Waals surface area contributed by atoms with Crippen LogP contribution in [-0.4, -0.2) is 70.3 Å². The van der Waals surface area contributed by atoms with E-state index in [9.17, 15) is 0 Å². The summed E-state index contributed by atoms with van der Waals surface area (Å²) in [6, 6.07) is 0. The molecule has 2 fully saturated rings. The van der Waals surface area contributed by atoms with Crippen molar-refractivity contribution in [3.8, 4) is 0 Å². The number of ether oxygens (including phenoxy) is 3. The normalized spacial score (nSPS) is 29.2. The predicted molar refractivity (Wildman–Crippen MR) is 54.8 cm³/mol. The topological polar surface area (TPSA) is 45.0 Å². The molecule has 0 saturated carbocycles. The van der Waals surface area contributed by atoms with Gasteiger partial charge in [-0.25, -0.2) is 5.32 Å². The van der Waals surface area contributed by atoms with Crippen molar-refractivity contribution < 1.29 is 14.2 Å². The smallest absolute Gasteiger partial charge is 0.146 e. The summed E-state index contributed by atoms with van der Waals surface area (Å²) >= 11 is 0. The van der Waals surface area contributed by atoms with Crippen LogP contribution < -0.4 is 5.32 Å². The minimum absolute atomic E-state index is 0.0419. The molecule has 0 aromatic rings. The fourth-order valence-electron chi connectivity index (χ4n) is 1.74. The summed E-state index contributed by atoms with van der Waals surface area (Å²) in [5, 5.41) is 4.32. The molecule has 0 aromatic carbocycles. The highest BCUT2D eigenvalue weighted by Gasteiger charge is 2.15. The molecule has 1 unspecified atom stereocenters. The average molecular weight is 215 g/mol. The molecule has 2 aliphatic heterocycles. The Bertz CT molecular complexity index is 150. The van der Waals surface area contributed by atoms with E-state index in [1.165, 1.54) is 0 Å². The third-order valence-electron chi connectivity index (χ3n) is 2.65. The Labute approximate surface area is 90.7 Å². The molecule has 2 saturated heterocycles. The summed E-state index contributed by atoms with van der Waals surface area (Å²) in [7, 11) is 0. The lowest BCUT2D eigenvalue weighted by atomic mass is 10.4. The first-order valence-corrected chi connectivity index (χ1v) is 5.61. The van der Waals surface area contributed by atoms with Crippen molar-refractivity contribution in [2.24, 2.45) is 0 Å². The van der Waals surface area contributed by atoms with E-state index in [1.807, 2.05) is 0 Å². The van der Waals surface area contributed by atoms with Crippen LogP contribution in [0.3, 0.4) is 0 Å². The van der Waals surface area contributed by atoms with Gasteiger partial charge in [-0.2, -0.15) is 0 Å². The van der Waals surface area contributed by atoms with Gasteiger partial charge in [0.2, 0.25) is 0 Å². The van der Waals surface area contributed by atoms with Crippen LogP contribution in [-0.2, 0) is 14.2 Å². The zero-order valence-electron chi connectivity index (χ0n) is 9.06. The summed E-state index contributed by atoms with van der Waals surface area (Å²) in [5.74, 6) is 0. The monoisotopic (exact) mass is 215 g/mol. The maximum absolute atomic E-state index is 5.61. The van der Waals surface area contributed by atoms with Gasteiger partial charge >= 0.3 is 0 Å². The van der Waals surface area contributed by atoms with Crippen LogP contribution in [0.1, 0.15) is 0 Å². The maximum Gasteiger partial charge on any atom is 0.146 e. The highest BCUT2D eigenvalue weighted by atomic mass is 16.5. The van der Waals surface area contributed by atoms with Crippen molar-refractivity contribution in [2.45, 2.75) is 6.23 Å². The molecule has 0 amide bonds. The molecule has 2 heterocycles. The summed E-state index contributed by atoms with van der Waals surface area (Å²) in [6.07, 6.45) is -0.0419. The molecule has 1 atom stereocenters. The number of morpholine rings is 2. The van der Waals surface area contributed by atoms with Crippen LogP contribution >= 0.6 is 0 Å². The molecule has 0 aromatic heterocycles. The quantitative estimate of drug-likeness (QED) is 0.622. The Kier molecular flexibility index (Phi) is 4.82. The second-order valence-corrected chi connectivity index (χ2v) is 3.76. The largest absolute Gasteiger partial charge is 0.379 e. The van der Waals surface area contributed by atoms with Crippen molar-refractivity contribution in [2.75, 3.05) is 59.2 Å². The zero-order valence-corrected chi connectivity index (χ0v) is 9.06. The van der Waals surface area contributed by atoms with Gasteiger partial charge in [-0.1, -0.05) is 0 Å². The van der Waals surface area contributed by atoms with E-state index in [2.05, 4.69) is 10.2 Å². The lowest BCUT2D eigenvalue weighted by molar-refractivity contribution is -0.0717. The summed E-state index contributed by atoms with van der Waals surface area (Å²) in [5.41, 5.74) is 0. The van der Waals surface area contributed by atoms with Gasteiger partial charge in [0.15, 0.2) is 0 Å². The van der Waals surface area contributed by atoms with Gasteiger partial charge in [-0.3, -0.25) is 4.90 Å². The standard InChI is InChI=1S/C10H19N2O3/c1-5-14-9-10(11-1)15-8-4-12-2-6-13-7-3-12/h10H,1-9H2. The van der Waals surface area contributed by atoms with Gasteiger partial charge in [0.1, 0.15) is 6.23 Å². The van der Waals surface area contributed by atoms with Gasteiger partial charge in [-0.05, 0) is 0 Å². The predicted octanol–water partition coefficient (Wildman–Crippen LogP) is -0.704. The molecule has 5 nitrogen and oxygen atoms in total. The summed E-state index contributed by atoms with van der Waals surface area (Å²) in [6.45, 7) is 7.54. The minimum atomic E-state index is -0.0419. The molecule has 5 heteroatoms. The summed E-state index contributed by atoms with van der Waals surface area (Å²) < 4.78 is 16.2. The fourth-order valence-corrected chi connectivity index (χ4v) is 1.74. The van der Waals surface area contributed by atoms with Gasteiger partial charge < -0.3 is 14.2 Å². The van der Waals surface area contributed by atoms with E-state index in [1.54, 1.807) is 0 Å². The molecule has 2 aliphatic rings. The molecular weight excluding hydrogens is 196 g/mol. The molecule has 1 radical (unpaired) electrons. The summed E-state index contributed by atoms with van der Waals surface area (Å²) in [4.78, 5) is 2.35. The van der Waals surface area contributed by atoms with Crippen LogP contribution in [0.15, 0.2) is 0 Å². The highest BCUT2D eigenvalue weighted by molar-refractivity contribution is 4.63. The van der Waals surface area contributed by atoms with E-state index in [0.717, 1.165) is 52.6 Å². The van der Waals surface area contributed by atoms with Crippen LogP contribution in [0.4, 0.5) is 0 Å². The van der Waals surface area contributed by atoms with Gasteiger partial charge in [0.05, 0.1) is 33.0 Å². The Morgan fingerprint density at radius 1 is 1.20 bits per heavy atom. The molecule has 0 spiro atoms. The van der Waals surface area contributed by atoms with Gasteiger partial charge in [0, 0.05) is 26.2 Å². The number of rotatable bonds is 4. The Hall–Kier alpha value is -0.200. The fraction of sp³-hybridized carbons (Fsp3) is 1.00. The molecule has 0 bridgehead atoms. The van der Waals surface area contributed by atoms with Crippen molar-refractivity contribution in [1.29, 1.82) is 0 Å². The first kappa shape index (κ1) is 11.3. The third kappa shape index (κ3) is 4.04. The molecule has 2 rings (SSSR count). The van der Waals surface area contributed by atoms with E-state index in [-0.39, 0.29) is 6.23 Å². The zero-order chi connectivity index (χ0) is 10.3. The Balaban J connectivity index is 1.53. The molecule has 0 N–H and O–H groups in total. The first-order chi connectivity index (χ1) is 7.45. The molecule has 0 aliphatic carbocycles. The number of hydrogen-bond acceptors (Lipinski definition) is 4. The highest BCUT2D eigenvalue weighted by Crippen LogP contribution is 1.99. The number of hydrogen-bond donors (Lipinski definition) is 0. The lowest BCUT2D eigenvalue weighted by Crippen LogP contribution is -2.42. The van der Waals surface area contributed by atoms with E-state index < -0.39 is 0 Å². The van der Waals surface area contributed by atoms with Gasteiger partial charge in [-0.15, -0.1) is 0 Å². The van der Waals surface area contributed by atoms with Crippen molar-refractivity contribution in [3.05, 3.63) is 0 Å². The van der Waals surface area contributed by atoms with E-state index >= 15 is 0 Å². The van der Waals surface area contributed by atoms with Crippen LogP contribution in [0.2, 0.25) is 0 Å². The van der Waals surface area contributed by atoms with Crippen molar-refractivity contribution >= 4 is 0 Å². The molecular formula is C10H19N2O3. The number of nitrogens with zero attached hydrogens (tertiary/aromatic N) is 2. The van der Waals surface area contributed by atoms with Crippen molar-refractivity contribution in [1.82, 2.24) is 10.2 Å². The molecule has 15 heavy (non-hydrogen) atoms. The Morgan fingerprint density at radius 3 is 2.80 bits per heavy atom. The second-order valence-electron chi connectivity index (χ2n) is 3.76. The second kappa shape index (κ2) is 6.40. The SMILES string of the molecule is C1COCC(OCCN2CCOCC2)[N]1. The lowest BCUT2D eigenvalue weighted by Gasteiger charge is -2.28. The molecule has 87 valence electrons.